The Hall–Kier alpha value is -2.54. The van der Waals surface area contributed by atoms with Crippen LogP contribution in [0.1, 0.15) is 10.5 Å². The lowest BCUT2D eigenvalue weighted by molar-refractivity contribution is -0.135. The van der Waals surface area contributed by atoms with Crippen molar-refractivity contribution in [2.75, 3.05) is 0 Å². The second-order valence-electron chi connectivity index (χ2n) is 3.71. The Labute approximate surface area is 118 Å². The van der Waals surface area contributed by atoms with Crippen molar-refractivity contribution in [2.45, 2.75) is 4.90 Å². The van der Waals surface area contributed by atoms with Crippen molar-refractivity contribution in [2.24, 2.45) is 0 Å². The smallest absolute Gasteiger partial charge is 0.371 e. The molecule has 1 aromatic heterocycles. The van der Waals surface area contributed by atoms with Crippen molar-refractivity contribution >= 4 is 23.7 Å². The summed E-state index contributed by atoms with van der Waals surface area (Å²) < 4.78 is 1.48. The first-order valence-electron chi connectivity index (χ1n) is 5.53. The lowest BCUT2D eigenvalue weighted by Crippen LogP contribution is -2.04. The maximum Gasteiger partial charge on any atom is 0.371 e. The molecule has 0 aliphatic rings. The summed E-state index contributed by atoms with van der Waals surface area (Å²) in [6.07, 6.45) is 2.21. The molecule has 7 heteroatoms. The first kappa shape index (κ1) is 13.9. The highest BCUT2D eigenvalue weighted by molar-refractivity contribution is 7.97. The maximum atomic E-state index is 11.6. The number of carbonyl (C=O) groups is 2. The van der Waals surface area contributed by atoms with Crippen LogP contribution < -0.4 is 0 Å². The number of carboxylic acids is 1. The lowest BCUT2D eigenvalue weighted by Gasteiger charge is -1.99. The highest BCUT2D eigenvalue weighted by Gasteiger charge is 2.12. The van der Waals surface area contributed by atoms with Crippen LogP contribution >= 0.6 is 11.9 Å². The quantitative estimate of drug-likeness (QED) is 0.498. The van der Waals surface area contributed by atoms with Crippen LogP contribution in [-0.2, 0) is 4.79 Å². The van der Waals surface area contributed by atoms with Crippen LogP contribution in [0, 0.1) is 0 Å². The second kappa shape index (κ2) is 6.07. The number of hydrogen-bond donors (Lipinski definition) is 2. The fourth-order valence-electron chi connectivity index (χ4n) is 1.34. The van der Waals surface area contributed by atoms with Crippen LogP contribution in [-0.4, -0.2) is 31.2 Å². The van der Waals surface area contributed by atoms with E-state index in [1.807, 2.05) is 30.3 Å². The molecule has 0 aliphatic heterocycles. The van der Waals surface area contributed by atoms with Gasteiger partial charge in [-0.1, -0.05) is 18.2 Å². The summed E-state index contributed by atoms with van der Waals surface area (Å²) in [5.74, 6) is -3.24. The summed E-state index contributed by atoms with van der Waals surface area (Å²) >= 11 is 1.30. The van der Waals surface area contributed by atoms with E-state index in [0.29, 0.717) is 6.08 Å². The van der Waals surface area contributed by atoms with Gasteiger partial charge < -0.3 is 10.2 Å². The van der Waals surface area contributed by atoms with Gasteiger partial charge in [0, 0.05) is 29.1 Å². The molecule has 20 heavy (non-hydrogen) atoms. The second-order valence-corrected chi connectivity index (χ2v) is 4.73. The van der Waals surface area contributed by atoms with E-state index in [2.05, 4.69) is 5.10 Å². The summed E-state index contributed by atoms with van der Waals surface area (Å²) in [4.78, 5) is 23.0. The predicted octanol–water partition coefficient (Wildman–Crippen LogP) is 2.15. The Kier molecular flexibility index (Phi) is 4.21. The number of ketones is 1. The Balaban J connectivity index is 2.11. The van der Waals surface area contributed by atoms with E-state index in [-0.39, 0.29) is 5.69 Å². The van der Waals surface area contributed by atoms with Crippen molar-refractivity contribution < 1.29 is 19.8 Å². The zero-order valence-corrected chi connectivity index (χ0v) is 10.9. The predicted molar refractivity (Wildman–Crippen MR) is 72.6 cm³/mol. The van der Waals surface area contributed by atoms with Crippen LogP contribution in [0.2, 0.25) is 0 Å². The molecule has 0 radical (unpaired) electrons. The molecule has 0 aliphatic carbocycles. The molecule has 0 amide bonds. The Morgan fingerprint density at radius 2 is 1.85 bits per heavy atom. The minimum absolute atomic E-state index is 0.0567. The van der Waals surface area contributed by atoms with Gasteiger partial charge in [-0.15, -0.1) is 0 Å². The number of rotatable bonds is 5. The number of aliphatic hydroxyl groups is 1. The number of carboxylic acid groups (broad SMARTS) is 1. The number of aromatic nitrogens is 2. The molecule has 102 valence electrons. The van der Waals surface area contributed by atoms with Gasteiger partial charge in [-0.05, 0) is 18.2 Å². The molecule has 1 heterocycles. The highest BCUT2D eigenvalue weighted by atomic mass is 32.2. The largest absolute Gasteiger partial charge is 0.502 e. The van der Waals surface area contributed by atoms with Crippen molar-refractivity contribution in [1.29, 1.82) is 0 Å². The zero-order chi connectivity index (χ0) is 14.5. The Morgan fingerprint density at radius 3 is 2.50 bits per heavy atom. The van der Waals surface area contributed by atoms with E-state index >= 15 is 0 Å². The van der Waals surface area contributed by atoms with Gasteiger partial charge in [0.15, 0.2) is 0 Å². The summed E-state index contributed by atoms with van der Waals surface area (Å²) in [5.41, 5.74) is 0.0567. The molecule has 0 unspecified atom stereocenters. The summed E-state index contributed by atoms with van der Waals surface area (Å²) in [7, 11) is 0. The van der Waals surface area contributed by atoms with Gasteiger partial charge in [0.05, 0.1) is 0 Å². The third kappa shape index (κ3) is 3.48. The molecule has 0 fully saturated rings. The highest BCUT2D eigenvalue weighted by Crippen LogP contribution is 2.18. The number of hydrogen-bond acceptors (Lipinski definition) is 5. The standard InChI is InChI=1S/C13H10N2O4S/c16-11(8-12(17)13(18)19)10-6-7-15(14-10)20-9-4-2-1-3-5-9/h1-8,17H,(H,18,19). The number of aliphatic carboxylic acids is 1. The molecule has 6 nitrogen and oxygen atoms in total. The van der Waals surface area contributed by atoms with E-state index < -0.39 is 17.5 Å². The molecule has 2 aromatic rings. The monoisotopic (exact) mass is 290 g/mol. The van der Waals surface area contributed by atoms with Gasteiger partial charge in [0.1, 0.15) is 5.69 Å². The average molecular weight is 290 g/mol. The van der Waals surface area contributed by atoms with Crippen LogP contribution in [0.25, 0.3) is 0 Å². The number of aliphatic hydroxyl groups excluding tert-OH is 1. The SMILES string of the molecule is O=C(O)C(O)=CC(=O)c1ccn(Sc2ccccc2)n1. The summed E-state index contributed by atoms with van der Waals surface area (Å²) in [5, 5.41) is 21.5. The van der Waals surface area contributed by atoms with Gasteiger partial charge in [-0.3, -0.25) is 4.79 Å². The van der Waals surface area contributed by atoms with Crippen LogP contribution in [0.4, 0.5) is 0 Å². The van der Waals surface area contributed by atoms with Gasteiger partial charge >= 0.3 is 5.97 Å². The molecular weight excluding hydrogens is 280 g/mol. The Morgan fingerprint density at radius 1 is 1.15 bits per heavy atom. The fourth-order valence-corrected chi connectivity index (χ4v) is 2.08. The van der Waals surface area contributed by atoms with E-state index in [1.165, 1.54) is 22.1 Å². The number of benzene rings is 1. The molecule has 1 aromatic carbocycles. The first-order chi connectivity index (χ1) is 9.56. The van der Waals surface area contributed by atoms with Crippen LogP contribution in [0.5, 0.6) is 0 Å². The third-order valence-electron chi connectivity index (χ3n) is 2.25. The minimum Gasteiger partial charge on any atom is -0.502 e. The normalized spacial score (nSPS) is 11.3. The van der Waals surface area contributed by atoms with Gasteiger partial charge in [0.2, 0.25) is 11.5 Å². The molecule has 2 N–H and O–H groups in total. The van der Waals surface area contributed by atoms with Crippen molar-refractivity contribution in [3.8, 4) is 0 Å². The third-order valence-corrected chi connectivity index (χ3v) is 3.12. The van der Waals surface area contributed by atoms with Crippen LogP contribution in [0.15, 0.2) is 59.3 Å². The zero-order valence-electron chi connectivity index (χ0n) is 10.1. The summed E-state index contributed by atoms with van der Waals surface area (Å²) in [6, 6.07) is 10.9. The maximum absolute atomic E-state index is 11.6. The fraction of sp³-hybridized carbons (Fsp3) is 0. The molecule has 0 saturated carbocycles. The van der Waals surface area contributed by atoms with Gasteiger partial charge in [-0.2, -0.15) is 5.10 Å². The molecule has 0 bridgehead atoms. The van der Waals surface area contributed by atoms with Crippen molar-refractivity contribution in [3.05, 3.63) is 60.1 Å². The lowest BCUT2D eigenvalue weighted by atomic mass is 10.2. The van der Waals surface area contributed by atoms with Crippen LogP contribution in [0.3, 0.4) is 0 Å². The number of nitrogens with zero attached hydrogens (tertiary/aromatic N) is 2. The first-order valence-corrected chi connectivity index (χ1v) is 6.31. The van der Waals surface area contributed by atoms with E-state index in [4.69, 9.17) is 10.2 Å². The molecule has 0 saturated heterocycles. The average Bonchev–Trinajstić information content (AvgIpc) is 2.88. The van der Waals surface area contributed by atoms with E-state index in [1.54, 1.807) is 6.20 Å². The van der Waals surface area contributed by atoms with E-state index in [9.17, 15) is 9.59 Å². The number of allylic oxidation sites excluding steroid dienone is 1. The van der Waals surface area contributed by atoms with Crippen molar-refractivity contribution in [1.82, 2.24) is 9.19 Å². The molecule has 0 spiro atoms. The molecular formula is C13H10N2O4S. The van der Waals surface area contributed by atoms with Gasteiger partial charge in [-0.25, -0.2) is 8.88 Å². The minimum atomic E-state index is -1.56. The Bertz CT molecular complexity index is 664. The van der Waals surface area contributed by atoms with Crippen molar-refractivity contribution in [3.63, 3.8) is 0 Å². The van der Waals surface area contributed by atoms with Gasteiger partial charge in [0.25, 0.3) is 0 Å². The summed E-state index contributed by atoms with van der Waals surface area (Å²) in [6.45, 7) is 0. The number of carbonyl (C=O) groups excluding carboxylic acids is 1. The van der Waals surface area contributed by atoms with E-state index in [0.717, 1.165) is 4.90 Å². The molecule has 0 atom stereocenters. The topological polar surface area (TPSA) is 92.4 Å². The molecule has 2 rings (SSSR count).